The first-order valence-corrected chi connectivity index (χ1v) is 7.64. The lowest BCUT2D eigenvalue weighted by Gasteiger charge is -2.19. The molecule has 18 heavy (non-hydrogen) atoms. The minimum atomic E-state index is -3.15. The van der Waals surface area contributed by atoms with Crippen molar-refractivity contribution in [2.75, 3.05) is 12.4 Å². The largest absolute Gasteiger partial charge is 0.492 e. The van der Waals surface area contributed by atoms with Crippen LogP contribution >= 0.6 is 0 Å². The molecule has 0 saturated carbocycles. The molecule has 1 aromatic carbocycles. The highest BCUT2D eigenvalue weighted by molar-refractivity contribution is 7.91. The lowest BCUT2D eigenvalue weighted by molar-refractivity contribution is 0.243. The Bertz CT molecular complexity index is 472. The Hall–Kier alpha value is -1.07. The smallest absolute Gasteiger partial charge is 0.178 e. The van der Waals surface area contributed by atoms with E-state index in [4.69, 9.17) is 10.5 Å². The van der Waals surface area contributed by atoms with Gasteiger partial charge in [-0.1, -0.05) is 6.92 Å². The highest BCUT2D eigenvalue weighted by atomic mass is 32.2. The molecule has 0 amide bonds. The topological polar surface area (TPSA) is 69.4 Å². The third-order valence-electron chi connectivity index (χ3n) is 2.27. The molecule has 0 aliphatic rings. The van der Waals surface area contributed by atoms with Gasteiger partial charge in [-0.2, -0.15) is 0 Å². The first-order chi connectivity index (χ1) is 8.24. The lowest BCUT2D eigenvalue weighted by Crippen LogP contribution is -2.38. The van der Waals surface area contributed by atoms with Gasteiger partial charge in [-0.25, -0.2) is 8.42 Å². The minimum Gasteiger partial charge on any atom is -0.492 e. The fourth-order valence-corrected chi connectivity index (χ4v) is 2.72. The Balaban J connectivity index is 2.75. The molecular weight excluding hydrogens is 250 g/mol. The molecule has 0 heterocycles. The predicted molar refractivity (Wildman–Crippen MR) is 72.5 cm³/mol. The van der Waals surface area contributed by atoms with Gasteiger partial charge < -0.3 is 10.5 Å². The molecule has 0 radical (unpaired) electrons. The molecule has 0 aliphatic heterocycles. The van der Waals surface area contributed by atoms with E-state index < -0.39 is 15.4 Å². The standard InChI is InChI=1S/C13H21NO3S/c1-4-9-18(15,16)12-7-5-11(6-8-12)17-10-13(2,3)14/h5-8H,4,9-10,14H2,1-3H3. The van der Waals surface area contributed by atoms with E-state index in [1.807, 2.05) is 20.8 Å². The van der Waals surface area contributed by atoms with Crippen LogP contribution < -0.4 is 10.5 Å². The molecule has 0 spiro atoms. The van der Waals surface area contributed by atoms with Crippen molar-refractivity contribution in [2.45, 2.75) is 37.6 Å². The molecule has 1 aromatic rings. The quantitative estimate of drug-likeness (QED) is 0.859. The van der Waals surface area contributed by atoms with Crippen molar-refractivity contribution in [1.29, 1.82) is 0 Å². The third kappa shape index (κ3) is 4.66. The van der Waals surface area contributed by atoms with Crippen LogP contribution in [-0.2, 0) is 9.84 Å². The summed E-state index contributed by atoms with van der Waals surface area (Å²) in [5.41, 5.74) is 5.39. The van der Waals surface area contributed by atoms with Crippen LogP contribution in [0.15, 0.2) is 29.2 Å². The van der Waals surface area contributed by atoms with Crippen LogP contribution in [0.25, 0.3) is 0 Å². The average molecular weight is 271 g/mol. The number of rotatable bonds is 6. The van der Waals surface area contributed by atoms with Crippen molar-refractivity contribution in [3.63, 3.8) is 0 Å². The summed E-state index contributed by atoms with van der Waals surface area (Å²) in [6, 6.07) is 6.47. The van der Waals surface area contributed by atoms with Crippen LogP contribution in [0.4, 0.5) is 0 Å². The summed E-state index contributed by atoms with van der Waals surface area (Å²) >= 11 is 0. The van der Waals surface area contributed by atoms with Crippen LogP contribution in [0.5, 0.6) is 5.75 Å². The van der Waals surface area contributed by atoms with Gasteiger partial charge in [0.2, 0.25) is 0 Å². The summed E-state index contributed by atoms with van der Waals surface area (Å²) in [4.78, 5) is 0.337. The third-order valence-corrected chi connectivity index (χ3v) is 4.20. The van der Waals surface area contributed by atoms with Gasteiger partial charge in [0.05, 0.1) is 10.6 Å². The number of benzene rings is 1. The van der Waals surface area contributed by atoms with E-state index >= 15 is 0 Å². The second kappa shape index (κ2) is 5.71. The van der Waals surface area contributed by atoms with E-state index in [-0.39, 0.29) is 5.75 Å². The van der Waals surface area contributed by atoms with E-state index in [1.54, 1.807) is 24.3 Å². The predicted octanol–water partition coefficient (Wildman–Crippen LogP) is 1.99. The maximum atomic E-state index is 11.8. The van der Waals surface area contributed by atoms with E-state index in [2.05, 4.69) is 0 Å². The number of sulfone groups is 1. The van der Waals surface area contributed by atoms with Gasteiger partial charge in [-0.05, 0) is 44.5 Å². The van der Waals surface area contributed by atoms with E-state index in [9.17, 15) is 8.42 Å². The summed E-state index contributed by atoms with van der Waals surface area (Å²) in [6.45, 7) is 5.96. The van der Waals surface area contributed by atoms with Gasteiger partial charge in [0, 0.05) is 5.54 Å². The number of hydrogen-bond donors (Lipinski definition) is 1. The van der Waals surface area contributed by atoms with Crippen molar-refractivity contribution >= 4 is 9.84 Å². The zero-order valence-corrected chi connectivity index (χ0v) is 12.0. The summed E-state index contributed by atoms with van der Waals surface area (Å²) in [6.07, 6.45) is 0.613. The van der Waals surface area contributed by atoms with Crippen LogP contribution in [-0.4, -0.2) is 26.3 Å². The Morgan fingerprint density at radius 1 is 1.22 bits per heavy atom. The molecule has 0 saturated heterocycles. The fourth-order valence-electron chi connectivity index (χ4n) is 1.40. The second-order valence-corrected chi connectivity index (χ2v) is 7.18. The molecule has 4 nitrogen and oxygen atoms in total. The Kier molecular flexibility index (Phi) is 4.76. The van der Waals surface area contributed by atoms with E-state index in [1.165, 1.54) is 0 Å². The van der Waals surface area contributed by atoms with E-state index in [0.717, 1.165) is 0 Å². The maximum Gasteiger partial charge on any atom is 0.178 e. The van der Waals surface area contributed by atoms with Gasteiger partial charge in [0.15, 0.2) is 9.84 Å². The summed E-state index contributed by atoms with van der Waals surface area (Å²) in [5.74, 6) is 0.798. The van der Waals surface area contributed by atoms with Crippen LogP contribution in [0.1, 0.15) is 27.2 Å². The zero-order valence-electron chi connectivity index (χ0n) is 11.1. The molecule has 0 bridgehead atoms. The first-order valence-electron chi connectivity index (χ1n) is 5.99. The SMILES string of the molecule is CCCS(=O)(=O)c1ccc(OCC(C)(C)N)cc1. The number of nitrogens with two attached hydrogens (primary N) is 1. The molecule has 0 fully saturated rings. The maximum absolute atomic E-state index is 11.8. The normalized spacial score (nSPS) is 12.4. The molecule has 0 aromatic heterocycles. The van der Waals surface area contributed by atoms with Crippen LogP contribution in [0.3, 0.4) is 0 Å². The molecule has 102 valence electrons. The van der Waals surface area contributed by atoms with Crippen LogP contribution in [0.2, 0.25) is 0 Å². The van der Waals surface area contributed by atoms with Crippen molar-refractivity contribution in [3.8, 4) is 5.75 Å². The Morgan fingerprint density at radius 2 is 1.78 bits per heavy atom. The Labute approximate surface area is 109 Å². The summed E-state index contributed by atoms with van der Waals surface area (Å²) in [7, 11) is -3.15. The van der Waals surface area contributed by atoms with Crippen molar-refractivity contribution in [3.05, 3.63) is 24.3 Å². The van der Waals surface area contributed by atoms with Crippen molar-refractivity contribution < 1.29 is 13.2 Å². The van der Waals surface area contributed by atoms with Crippen molar-refractivity contribution in [2.24, 2.45) is 5.73 Å². The lowest BCUT2D eigenvalue weighted by atomic mass is 10.1. The molecule has 0 unspecified atom stereocenters. The molecule has 0 atom stereocenters. The van der Waals surface area contributed by atoms with Crippen LogP contribution in [0, 0.1) is 0 Å². The zero-order chi connectivity index (χ0) is 13.8. The first kappa shape index (κ1) is 15.0. The van der Waals surface area contributed by atoms with Gasteiger partial charge in [0.1, 0.15) is 12.4 Å². The fraction of sp³-hybridized carbons (Fsp3) is 0.538. The Morgan fingerprint density at radius 3 is 2.22 bits per heavy atom. The molecular formula is C13H21NO3S. The molecule has 0 aliphatic carbocycles. The van der Waals surface area contributed by atoms with Crippen molar-refractivity contribution in [1.82, 2.24) is 0 Å². The highest BCUT2D eigenvalue weighted by Crippen LogP contribution is 2.18. The minimum absolute atomic E-state index is 0.170. The highest BCUT2D eigenvalue weighted by Gasteiger charge is 2.14. The summed E-state index contributed by atoms with van der Waals surface area (Å²) in [5, 5.41) is 0. The molecule has 2 N–H and O–H groups in total. The molecule has 5 heteroatoms. The average Bonchev–Trinajstić information content (AvgIpc) is 2.26. The van der Waals surface area contributed by atoms with Gasteiger partial charge in [-0.15, -0.1) is 0 Å². The van der Waals surface area contributed by atoms with E-state index in [0.29, 0.717) is 23.7 Å². The number of ether oxygens (including phenoxy) is 1. The monoisotopic (exact) mass is 271 g/mol. The molecule has 1 rings (SSSR count). The second-order valence-electron chi connectivity index (χ2n) is 5.07. The van der Waals surface area contributed by atoms with Gasteiger partial charge in [0.25, 0.3) is 0 Å². The van der Waals surface area contributed by atoms with Gasteiger partial charge >= 0.3 is 0 Å². The summed E-state index contributed by atoms with van der Waals surface area (Å²) < 4.78 is 29.1. The number of hydrogen-bond acceptors (Lipinski definition) is 4. The van der Waals surface area contributed by atoms with Gasteiger partial charge in [-0.3, -0.25) is 0 Å².